The van der Waals surface area contributed by atoms with Crippen molar-refractivity contribution >= 4 is 11.9 Å². The van der Waals surface area contributed by atoms with Crippen LogP contribution in [0.2, 0.25) is 0 Å². The molecule has 0 bridgehead atoms. The highest BCUT2D eigenvalue weighted by Crippen LogP contribution is 2.31. The van der Waals surface area contributed by atoms with E-state index in [4.69, 9.17) is 9.47 Å². The zero-order valence-corrected chi connectivity index (χ0v) is 12.3. The molecule has 0 aliphatic rings. The summed E-state index contributed by atoms with van der Waals surface area (Å²) in [4.78, 5) is 21.8. The minimum absolute atomic E-state index is 0.0997. The van der Waals surface area contributed by atoms with E-state index in [2.05, 4.69) is 5.32 Å². The van der Waals surface area contributed by atoms with Crippen LogP contribution in [0, 0.1) is 0 Å². The Morgan fingerprint density at radius 1 is 1.29 bits per heavy atom. The summed E-state index contributed by atoms with van der Waals surface area (Å²) in [5.74, 6) is -0.381. The second kappa shape index (κ2) is 8.84. The molecule has 0 radical (unpaired) electrons. The van der Waals surface area contributed by atoms with Gasteiger partial charge in [-0.15, -0.1) is 0 Å². The number of carbonyl (C=O) groups is 2. The van der Waals surface area contributed by atoms with Gasteiger partial charge in [0.2, 0.25) is 5.91 Å². The van der Waals surface area contributed by atoms with Gasteiger partial charge in [-0.05, 0) is 18.9 Å². The average molecular weight is 294 g/mol. The molecule has 0 aromatic heterocycles. The molecular weight excluding hydrogens is 274 g/mol. The first kappa shape index (κ1) is 16.8. The number of benzene rings is 1. The summed E-state index contributed by atoms with van der Waals surface area (Å²) < 4.78 is 10.9. The van der Waals surface area contributed by atoms with Crippen molar-refractivity contribution in [2.24, 2.45) is 0 Å². The number of rotatable bonds is 9. The number of para-hydroxylation sites is 1. The van der Waals surface area contributed by atoms with Gasteiger partial charge in [-0.2, -0.15) is 0 Å². The molecule has 0 aliphatic carbocycles. The Kier molecular flexibility index (Phi) is 7.08. The first-order valence-corrected chi connectivity index (χ1v) is 6.83. The summed E-state index contributed by atoms with van der Waals surface area (Å²) in [7, 11) is 1.55. The fourth-order valence-electron chi connectivity index (χ4n) is 1.73. The van der Waals surface area contributed by atoms with E-state index >= 15 is 0 Å². The van der Waals surface area contributed by atoms with E-state index in [0.717, 1.165) is 12.0 Å². The van der Waals surface area contributed by atoms with E-state index in [1.54, 1.807) is 19.2 Å². The molecule has 21 heavy (non-hydrogen) atoms. The largest absolute Gasteiger partial charge is 0.550 e. The Balaban J connectivity index is 2.68. The number of methoxy groups -OCH3 is 1. The van der Waals surface area contributed by atoms with Gasteiger partial charge in [0.1, 0.15) is 0 Å². The Labute approximate surface area is 124 Å². The molecule has 1 rings (SSSR count). The Hall–Kier alpha value is -2.24. The second-order valence-corrected chi connectivity index (χ2v) is 4.45. The number of carboxylic acid groups (broad SMARTS) is 1. The maximum Gasteiger partial charge on any atom is 0.220 e. The van der Waals surface area contributed by atoms with Gasteiger partial charge < -0.3 is 24.7 Å². The molecule has 1 amide bonds. The Morgan fingerprint density at radius 3 is 2.67 bits per heavy atom. The van der Waals surface area contributed by atoms with Crippen LogP contribution in [-0.2, 0) is 16.1 Å². The predicted molar refractivity (Wildman–Crippen MR) is 74.9 cm³/mol. The van der Waals surface area contributed by atoms with Crippen LogP contribution in [0.25, 0.3) is 0 Å². The molecule has 0 fully saturated rings. The highest BCUT2D eigenvalue weighted by molar-refractivity contribution is 5.80. The predicted octanol–water partition coefficient (Wildman–Crippen LogP) is 0.630. The van der Waals surface area contributed by atoms with E-state index in [0.29, 0.717) is 18.1 Å². The van der Waals surface area contributed by atoms with E-state index in [-0.39, 0.29) is 25.3 Å². The lowest BCUT2D eigenvalue weighted by atomic mass is 10.1. The number of amides is 1. The van der Waals surface area contributed by atoms with E-state index in [1.807, 2.05) is 13.0 Å². The minimum atomic E-state index is -1.24. The second-order valence-electron chi connectivity index (χ2n) is 4.45. The summed E-state index contributed by atoms with van der Waals surface area (Å²) in [6.07, 6.45) is 0.468. The standard InChI is InChI=1S/C15H21NO5/c1-3-9-21-15-11(5-4-6-12(15)20-2)10-16-13(17)7-8-14(18)19/h4-6H,3,7-10H2,1-2H3,(H,16,17)(H,18,19)/p-1. The molecule has 6 heteroatoms. The molecule has 0 atom stereocenters. The highest BCUT2D eigenvalue weighted by Gasteiger charge is 2.11. The zero-order valence-electron chi connectivity index (χ0n) is 12.3. The molecule has 116 valence electrons. The maximum absolute atomic E-state index is 11.5. The SMILES string of the molecule is CCCOc1c(CNC(=O)CCC(=O)[O-])cccc1OC. The van der Waals surface area contributed by atoms with Crippen LogP contribution in [0.5, 0.6) is 11.5 Å². The van der Waals surface area contributed by atoms with Crippen molar-refractivity contribution in [1.29, 1.82) is 0 Å². The molecule has 6 nitrogen and oxygen atoms in total. The Morgan fingerprint density at radius 2 is 2.05 bits per heavy atom. The number of aliphatic carboxylic acids is 1. The van der Waals surface area contributed by atoms with Gasteiger partial charge in [0.15, 0.2) is 11.5 Å². The third-order valence-electron chi connectivity index (χ3n) is 2.76. The van der Waals surface area contributed by atoms with Crippen LogP contribution >= 0.6 is 0 Å². The molecule has 0 unspecified atom stereocenters. The van der Waals surface area contributed by atoms with E-state index < -0.39 is 5.97 Å². The van der Waals surface area contributed by atoms with Crippen LogP contribution in [-0.4, -0.2) is 25.6 Å². The maximum atomic E-state index is 11.5. The van der Waals surface area contributed by atoms with Gasteiger partial charge in [-0.1, -0.05) is 19.1 Å². The van der Waals surface area contributed by atoms with Crippen LogP contribution in [0.15, 0.2) is 18.2 Å². The molecule has 1 N–H and O–H groups in total. The average Bonchev–Trinajstić information content (AvgIpc) is 2.48. The van der Waals surface area contributed by atoms with Gasteiger partial charge >= 0.3 is 0 Å². The minimum Gasteiger partial charge on any atom is -0.550 e. The van der Waals surface area contributed by atoms with Crippen LogP contribution in [0.3, 0.4) is 0 Å². The van der Waals surface area contributed by atoms with Crippen molar-refractivity contribution in [2.45, 2.75) is 32.7 Å². The molecular formula is C15H20NO5-. The number of carbonyl (C=O) groups excluding carboxylic acids is 2. The van der Waals surface area contributed by atoms with Crippen LogP contribution in [0.4, 0.5) is 0 Å². The highest BCUT2D eigenvalue weighted by atomic mass is 16.5. The first-order chi connectivity index (χ1) is 10.1. The van der Waals surface area contributed by atoms with Crippen molar-refractivity contribution in [3.8, 4) is 11.5 Å². The van der Waals surface area contributed by atoms with Crippen LogP contribution in [0.1, 0.15) is 31.7 Å². The monoisotopic (exact) mass is 294 g/mol. The van der Waals surface area contributed by atoms with Crippen molar-refractivity contribution in [3.05, 3.63) is 23.8 Å². The van der Waals surface area contributed by atoms with Gasteiger partial charge in [-0.3, -0.25) is 4.79 Å². The smallest absolute Gasteiger partial charge is 0.220 e. The fourth-order valence-corrected chi connectivity index (χ4v) is 1.73. The molecule has 1 aromatic carbocycles. The quantitative estimate of drug-likeness (QED) is 0.721. The number of hydrogen-bond acceptors (Lipinski definition) is 5. The topological polar surface area (TPSA) is 87.7 Å². The lowest BCUT2D eigenvalue weighted by molar-refractivity contribution is -0.305. The molecule has 0 saturated heterocycles. The summed E-state index contributed by atoms with van der Waals surface area (Å²) in [5.41, 5.74) is 0.782. The zero-order chi connectivity index (χ0) is 15.7. The third kappa shape index (κ3) is 5.72. The van der Waals surface area contributed by atoms with Gasteiger partial charge in [0, 0.05) is 24.5 Å². The van der Waals surface area contributed by atoms with E-state index in [1.165, 1.54) is 0 Å². The number of ether oxygens (including phenoxy) is 2. The Bertz CT molecular complexity index is 487. The van der Waals surface area contributed by atoms with Crippen LogP contribution < -0.4 is 19.9 Å². The number of nitrogens with one attached hydrogen (secondary N) is 1. The first-order valence-electron chi connectivity index (χ1n) is 6.83. The van der Waals surface area contributed by atoms with Crippen molar-refractivity contribution in [1.82, 2.24) is 5.32 Å². The summed E-state index contributed by atoms with van der Waals surface area (Å²) >= 11 is 0. The number of hydrogen-bond donors (Lipinski definition) is 1. The van der Waals surface area contributed by atoms with Crippen molar-refractivity contribution in [3.63, 3.8) is 0 Å². The van der Waals surface area contributed by atoms with Gasteiger partial charge in [0.25, 0.3) is 0 Å². The lowest BCUT2D eigenvalue weighted by Crippen LogP contribution is -2.27. The number of carboxylic acids is 1. The molecule has 0 aliphatic heterocycles. The fraction of sp³-hybridized carbons (Fsp3) is 0.467. The van der Waals surface area contributed by atoms with Crippen molar-refractivity contribution < 1.29 is 24.2 Å². The summed E-state index contributed by atoms with van der Waals surface area (Å²) in [6, 6.07) is 5.42. The third-order valence-corrected chi connectivity index (χ3v) is 2.76. The van der Waals surface area contributed by atoms with Crippen molar-refractivity contribution in [2.75, 3.05) is 13.7 Å². The molecule has 0 heterocycles. The van der Waals surface area contributed by atoms with E-state index in [9.17, 15) is 14.7 Å². The normalized spacial score (nSPS) is 10.0. The molecule has 1 aromatic rings. The summed E-state index contributed by atoms with van der Waals surface area (Å²) in [6.45, 7) is 2.80. The molecule has 0 saturated carbocycles. The molecule has 0 spiro atoms. The lowest BCUT2D eigenvalue weighted by Gasteiger charge is -2.15. The van der Waals surface area contributed by atoms with Gasteiger partial charge in [0.05, 0.1) is 13.7 Å². The summed E-state index contributed by atoms with van der Waals surface area (Å²) in [5, 5.41) is 13.0. The van der Waals surface area contributed by atoms with Gasteiger partial charge in [-0.25, -0.2) is 0 Å².